The highest BCUT2D eigenvalue weighted by Crippen LogP contribution is 2.22. The molecule has 0 atom stereocenters. The molecule has 0 fully saturated rings. The largest absolute Gasteiger partial charge is 0.342 e. The van der Waals surface area contributed by atoms with Crippen LogP contribution in [0.15, 0.2) is 48.8 Å². The van der Waals surface area contributed by atoms with E-state index >= 15 is 0 Å². The summed E-state index contributed by atoms with van der Waals surface area (Å²) in [6.45, 7) is 0. The van der Waals surface area contributed by atoms with Gasteiger partial charge in [-0.25, -0.2) is 20.8 Å². The van der Waals surface area contributed by atoms with Crippen molar-refractivity contribution in [3.63, 3.8) is 0 Å². The number of hydrogen-bond acceptors (Lipinski definition) is 5. The van der Waals surface area contributed by atoms with Gasteiger partial charge in [0.2, 0.25) is 0 Å². The lowest BCUT2D eigenvalue weighted by Gasteiger charge is -2.06. The highest BCUT2D eigenvalue weighted by atomic mass is 15.3. The number of nitrogen functional groups attached to an aromatic ring is 1. The minimum atomic E-state index is 0.499. The molecule has 6 nitrogen and oxygen atoms in total. The van der Waals surface area contributed by atoms with Crippen LogP contribution in [-0.2, 0) is 0 Å². The Bertz CT molecular complexity index is 663. The van der Waals surface area contributed by atoms with Crippen molar-refractivity contribution in [2.75, 3.05) is 5.43 Å². The Kier molecular flexibility index (Phi) is 2.91. The molecule has 0 saturated heterocycles. The number of aromatic amines is 1. The number of rotatable bonds is 3. The molecule has 0 aliphatic heterocycles. The zero-order valence-corrected chi connectivity index (χ0v) is 10.0. The molecule has 3 rings (SSSR count). The second kappa shape index (κ2) is 4.87. The van der Waals surface area contributed by atoms with Gasteiger partial charge >= 0.3 is 0 Å². The molecule has 0 radical (unpaired) electrons. The first-order valence-corrected chi connectivity index (χ1v) is 5.77. The molecule has 0 aliphatic rings. The molecule has 0 bridgehead atoms. The fraction of sp³-hybridized carbons (Fsp3) is 0. The minimum Gasteiger partial charge on any atom is -0.342 e. The average molecular weight is 252 g/mol. The average Bonchev–Trinajstić information content (AvgIpc) is 3.02. The minimum absolute atomic E-state index is 0.499. The van der Waals surface area contributed by atoms with Gasteiger partial charge in [0.1, 0.15) is 5.82 Å². The summed E-state index contributed by atoms with van der Waals surface area (Å²) >= 11 is 0. The van der Waals surface area contributed by atoms with Crippen LogP contribution in [0.5, 0.6) is 0 Å². The third kappa shape index (κ3) is 2.29. The van der Waals surface area contributed by atoms with Crippen LogP contribution in [0, 0.1) is 0 Å². The van der Waals surface area contributed by atoms with Crippen molar-refractivity contribution in [3.05, 3.63) is 48.8 Å². The molecule has 0 aliphatic carbocycles. The van der Waals surface area contributed by atoms with Gasteiger partial charge in [0, 0.05) is 24.0 Å². The first-order chi connectivity index (χ1) is 9.36. The van der Waals surface area contributed by atoms with Gasteiger partial charge in [-0.05, 0) is 0 Å². The molecule has 19 heavy (non-hydrogen) atoms. The Hall–Kier alpha value is -2.73. The number of benzene rings is 1. The number of nitrogens with one attached hydrogen (secondary N) is 2. The van der Waals surface area contributed by atoms with Gasteiger partial charge in [-0.2, -0.15) is 0 Å². The molecule has 0 saturated carbocycles. The van der Waals surface area contributed by atoms with E-state index in [-0.39, 0.29) is 0 Å². The maximum Gasteiger partial charge on any atom is 0.198 e. The number of hydrogen-bond donors (Lipinski definition) is 3. The standard InChI is InChI=1S/C13H12N6/c14-19-11-8-10(9-4-2-1-3-5-9)17-13(18-11)12-15-6-7-16-12/h1-8H,14H2,(H,15,16)(H,17,18,19). The summed E-state index contributed by atoms with van der Waals surface area (Å²) in [5, 5.41) is 0. The van der Waals surface area contributed by atoms with Gasteiger partial charge in [0.05, 0.1) is 5.69 Å². The number of imidazole rings is 1. The van der Waals surface area contributed by atoms with Crippen molar-refractivity contribution in [1.29, 1.82) is 0 Å². The van der Waals surface area contributed by atoms with Gasteiger partial charge in [0.15, 0.2) is 11.6 Å². The summed E-state index contributed by atoms with van der Waals surface area (Å²) in [7, 11) is 0. The van der Waals surface area contributed by atoms with Crippen molar-refractivity contribution >= 4 is 5.82 Å². The summed E-state index contributed by atoms with van der Waals surface area (Å²) in [5.74, 6) is 7.10. The number of nitrogens with zero attached hydrogens (tertiary/aromatic N) is 3. The third-order valence-corrected chi connectivity index (χ3v) is 2.65. The number of hydrazine groups is 1. The summed E-state index contributed by atoms with van der Waals surface area (Å²) in [4.78, 5) is 15.9. The first kappa shape index (κ1) is 11.4. The summed E-state index contributed by atoms with van der Waals surface area (Å²) in [6.07, 6.45) is 3.38. The van der Waals surface area contributed by atoms with Crippen LogP contribution in [0.4, 0.5) is 5.82 Å². The van der Waals surface area contributed by atoms with Crippen LogP contribution < -0.4 is 11.3 Å². The lowest BCUT2D eigenvalue weighted by Crippen LogP contribution is -2.10. The van der Waals surface area contributed by atoms with Crippen molar-refractivity contribution in [2.24, 2.45) is 5.84 Å². The first-order valence-electron chi connectivity index (χ1n) is 5.77. The van der Waals surface area contributed by atoms with E-state index in [1.165, 1.54) is 0 Å². The third-order valence-electron chi connectivity index (χ3n) is 2.65. The van der Waals surface area contributed by atoms with Crippen molar-refractivity contribution in [1.82, 2.24) is 19.9 Å². The van der Waals surface area contributed by atoms with E-state index in [2.05, 4.69) is 25.4 Å². The molecule has 2 aromatic heterocycles. The van der Waals surface area contributed by atoms with Crippen LogP contribution >= 0.6 is 0 Å². The monoisotopic (exact) mass is 252 g/mol. The van der Waals surface area contributed by atoms with Crippen molar-refractivity contribution in [2.45, 2.75) is 0 Å². The lowest BCUT2D eigenvalue weighted by atomic mass is 10.1. The molecule has 94 valence electrons. The van der Waals surface area contributed by atoms with E-state index in [1.54, 1.807) is 18.5 Å². The predicted molar refractivity (Wildman–Crippen MR) is 72.9 cm³/mol. The number of H-pyrrole nitrogens is 1. The predicted octanol–water partition coefficient (Wildman–Crippen LogP) is 1.82. The van der Waals surface area contributed by atoms with Gasteiger partial charge < -0.3 is 10.4 Å². The van der Waals surface area contributed by atoms with E-state index in [0.717, 1.165) is 11.3 Å². The van der Waals surface area contributed by atoms with E-state index < -0.39 is 0 Å². The number of anilines is 1. The second-order valence-corrected chi connectivity index (χ2v) is 3.91. The molecule has 1 aromatic carbocycles. The molecular weight excluding hydrogens is 240 g/mol. The zero-order chi connectivity index (χ0) is 13.1. The molecule has 2 heterocycles. The quantitative estimate of drug-likeness (QED) is 0.488. The van der Waals surface area contributed by atoms with Crippen molar-refractivity contribution in [3.8, 4) is 22.9 Å². The molecular formula is C13H12N6. The van der Waals surface area contributed by atoms with E-state index in [9.17, 15) is 0 Å². The Morgan fingerprint density at radius 1 is 1.11 bits per heavy atom. The maximum atomic E-state index is 5.45. The Labute approximate surface area is 109 Å². The molecule has 3 aromatic rings. The molecule has 4 N–H and O–H groups in total. The van der Waals surface area contributed by atoms with Gasteiger partial charge in [-0.3, -0.25) is 0 Å². The van der Waals surface area contributed by atoms with E-state index in [0.29, 0.717) is 17.5 Å². The van der Waals surface area contributed by atoms with Crippen LogP contribution in [-0.4, -0.2) is 19.9 Å². The summed E-state index contributed by atoms with van der Waals surface area (Å²) in [5.41, 5.74) is 4.33. The van der Waals surface area contributed by atoms with Crippen LogP contribution in [0.1, 0.15) is 0 Å². The van der Waals surface area contributed by atoms with Gasteiger partial charge in [-0.1, -0.05) is 30.3 Å². The summed E-state index contributed by atoms with van der Waals surface area (Å²) < 4.78 is 0. The van der Waals surface area contributed by atoms with E-state index in [1.807, 2.05) is 30.3 Å². The zero-order valence-electron chi connectivity index (χ0n) is 10.0. The van der Waals surface area contributed by atoms with Crippen LogP contribution in [0.2, 0.25) is 0 Å². The second-order valence-electron chi connectivity index (χ2n) is 3.91. The highest BCUT2D eigenvalue weighted by molar-refractivity contribution is 5.65. The SMILES string of the molecule is NNc1cc(-c2ccccc2)nc(-c2ncc[nH]2)n1. The summed E-state index contributed by atoms with van der Waals surface area (Å²) in [6, 6.07) is 11.6. The topological polar surface area (TPSA) is 92.5 Å². The molecule has 6 heteroatoms. The number of aromatic nitrogens is 4. The van der Waals surface area contributed by atoms with Crippen molar-refractivity contribution < 1.29 is 0 Å². The Morgan fingerprint density at radius 3 is 2.63 bits per heavy atom. The Morgan fingerprint density at radius 2 is 1.95 bits per heavy atom. The lowest BCUT2D eigenvalue weighted by molar-refractivity contribution is 1.11. The normalized spacial score (nSPS) is 10.4. The molecule has 0 unspecified atom stereocenters. The fourth-order valence-corrected chi connectivity index (χ4v) is 1.77. The molecule has 0 amide bonds. The fourth-order valence-electron chi connectivity index (χ4n) is 1.77. The highest BCUT2D eigenvalue weighted by Gasteiger charge is 2.09. The van der Waals surface area contributed by atoms with E-state index in [4.69, 9.17) is 5.84 Å². The number of nitrogens with two attached hydrogens (primary N) is 1. The maximum absolute atomic E-state index is 5.45. The molecule has 0 spiro atoms. The van der Waals surface area contributed by atoms with Crippen LogP contribution in [0.3, 0.4) is 0 Å². The van der Waals surface area contributed by atoms with Crippen LogP contribution in [0.25, 0.3) is 22.9 Å². The van der Waals surface area contributed by atoms with Gasteiger partial charge in [-0.15, -0.1) is 0 Å². The smallest absolute Gasteiger partial charge is 0.198 e. The van der Waals surface area contributed by atoms with Gasteiger partial charge in [0.25, 0.3) is 0 Å². The Balaban J connectivity index is 2.13.